The van der Waals surface area contributed by atoms with Gasteiger partial charge in [0.25, 0.3) is 5.91 Å². The second-order valence-electron chi connectivity index (χ2n) is 5.46. The fourth-order valence-corrected chi connectivity index (χ4v) is 2.50. The van der Waals surface area contributed by atoms with Crippen molar-refractivity contribution in [3.8, 4) is 0 Å². The Bertz CT molecular complexity index is 639. The number of anilines is 1. The summed E-state index contributed by atoms with van der Waals surface area (Å²) in [5, 5.41) is 2.54. The van der Waals surface area contributed by atoms with Gasteiger partial charge < -0.3 is 15.0 Å². The number of halogens is 2. The number of hydrogen-bond donors (Lipinski definition) is 1. The fourth-order valence-electron chi connectivity index (χ4n) is 2.33. The Labute approximate surface area is 143 Å². The summed E-state index contributed by atoms with van der Waals surface area (Å²) >= 11 is 5.72. The first-order valence-electron chi connectivity index (χ1n) is 7.64. The number of nitrogens with zero attached hydrogens (tertiary/aromatic N) is 1. The summed E-state index contributed by atoms with van der Waals surface area (Å²) in [5.41, 5.74) is -0.0914. The van der Waals surface area contributed by atoms with E-state index in [1.807, 2.05) is 0 Å². The van der Waals surface area contributed by atoms with Crippen LogP contribution in [0.2, 0.25) is 5.02 Å². The lowest BCUT2D eigenvalue weighted by Gasteiger charge is -2.19. The highest BCUT2D eigenvalue weighted by molar-refractivity contribution is 6.30. The van der Waals surface area contributed by atoms with Crippen molar-refractivity contribution in [3.05, 3.63) is 29.0 Å². The number of amides is 2. The molecule has 1 aliphatic rings. The summed E-state index contributed by atoms with van der Waals surface area (Å²) in [6.07, 6.45) is 3.03. The molecule has 0 spiro atoms. The summed E-state index contributed by atoms with van der Waals surface area (Å²) in [4.78, 5) is 36.7. The molecule has 130 valence electrons. The molecule has 1 heterocycles. The highest BCUT2D eigenvalue weighted by Gasteiger charge is 2.20. The minimum atomic E-state index is -0.688. The van der Waals surface area contributed by atoms with Crippen LogP contribution < -0.4 is 5.32 Å². The normalized spacial score (nSPS) is 14.9. The molecular weight excluding hydrogens is 339 g/mol. The smallest absolute Gasteiger partial charge is 0.326 e. The lowest BCUT2D eigenvalue weighted by Crippen LogP contribution is -2.36. The molecule has 24 heavy (non-hydrogen) atoms. The van der Waals surface area contributed by atoms with E-state index in [1.165, 1.54) is 17.0 Å². The Kier molecular flexibility index (Phi) is 6.54. The van der Waals surface area contributed by atoms with Crippen molar-refractivity contribution >= 4 is 35.1 Å². The first-order valence-corrected chi connectivity index (χ1v) is 8.02. The first kappa shape index (κ1) is 18.2. The molecular formula is C16H18ClFN2O4. The second kappa shape index (κ2) is 8.63. The third kappa shape index (κ3) is 5.49. The molecule has 0 aromatic heterocycles. The Morgan fingerprint density at radius 3 is 2.88 bits per heavy atom. The van der Waals surface area contributed by atoms with Gasteiger partial charge in [0.05, 0.1) is 5.69 Å². The molecule has 1 saturated heterocycles. The minimum absolute atomic E-state index is 0.0881. The zero-order valence-electron chi connectivity index (χ0n) is 13.0. The number of carbonyl (C=O) groups is 3. The molecule has 1 N–H and O–H groups in total. The Morgan fingerprint density at radius 2 is 2.08 bits per heavy atom. The number of rotatable bonds is 5. The maximum atomic E-state index is 13.5. The summed E-state index contributed by atoms with van der Waals surface area (Å²) in [5.74, 6) is -2.09. The van der Waals surface area contributed by atoms with Crippen LogP contribution in [0.15, 0.2) is 18.2 Å². The molecule has 0 atom stereocenters. The molecule has 8 heteroatoms. The molecule has 0 unspecified atom stereocenters. The lowest BCUT2D eigenvalue weighted by molar-refractivity contribution is -0.151. The number of likely N-dealkylation sites (tertiary alicyclic amines) is 1. The van der Waals surface area contributed by atoms with Crippen molar-refractivity contribution in [2.75, 3.05) is 25.0 Å². The first-order chi connectivity index (χ1) is 11.5. The van der Waals surface area contributed by atoms with Crippen molar-refractivity contribution < 1.29 is 23.5 Å². The molecule has 0 saturated carbocycles. The van der Waals surface area contributed by atoms with Crippen molar-refractivity contribution in [1.82, 2.24) is 4.90 Å². The van der Waals surface area contributed by atoms with Gasteiger partial charge in [-0.2, -0.15) is 0 Å². The lowest BCUT2D eigenvalue weighted by atomic mass is 10.2. The van der Waals surface area contributed by atoms with Crippen molar-refractivity contribution in [3.63, 3.8) is 0 Å². The summed E-state index contributed by atoms with van der Waals surface area (Å²) in [6.45, 7) is -0.238. The van der Waals surface area contributed by atoms with Crippen molar-refractivity contribution in [1.29, 1.82) is 0 Å². The van der Waals surface area contributed by atoms with E-state index in [0.717, 1.165) is 25.3 Å². The Morgan fingerprint density at radius 1 is 1.29 bits per heavy atom. The maximum Gasteiger partial charge on any atom is 0.326 e. The van der Waals surface area contributed by atoms with Crippen LogP contribution in [0, 0.1) is 5.82 Å². The van der Waals surface area contributed by atoms with Gasteiger partial charge in [0, 0.05) is 18.0 Å². The van der Waals surface area contributed by atoms with Crippen molar-refractivity contribution in [2.45, 2.75) is 25.7 Å². The van der Waals surface area contributed by atoms with Crippen LogP contribution in [0.3, 0.4) is 0 Å². The standard InChI is InChI=1S/C16H18ClFN2O4/c17-11-5-6-12(18)13(8-11)19-14(21)10-24-16(23)9-20-7-3-1-2-4-15(20)22/h5-6,8H,1-4,7,9-10H2,(H,19,21). The molecule has 1 aromatic rings. The highest BCUT2D eigenvalue weighted by atomic mass is 35.5. The van der Waals surface area contributed by atoms with Crippen LogP contribution in [0.25, 0.3) is 0 Å². The number of ether oxygens (including phenoxy) is 1. The molecule has 6 nitrogen and oxygen atoms in total. The molecule has 0 bridgehead atoms. The summed E-state index contributed by atoms with van der Waals surface area (Å²) in [7, 11) is 0. The molecule has 1 aromatic carbocycles. The largest absolute Gasteiger partial charge is 0.454 e. The molecule has 0 aliphatic carbocycles. The number of hydrogen-bond acceptors (Lipinski definition) is 4. The van der Waals surface area contributed by atoms with Gasteiger partial charge in [0.15, 0.2) is 6.61 Å². The van der Waals surface area contributed by atoms with Gasteiger partial charge in [0.1, 0.15) is 12.4 Å². The molecule has 1 aliphatic heterocycles. The van der Waals surface area contributed by atoms with Crippen LogP contribution in [0.5, 0.6) is 0 Å². The van der Waals surface area contributed by atoms with E-state index in [1.54, 1.807) is 0 Å². The highest BCUT2D eigenvalue weighted by Crippen LogP contribution is 2.19. The van der Waals surface area contributed by atoms with Crippen LogP contribution >= 0.6 is 11.6 Å². The van der Waals surface area contributed by atoms with Gasteiger partial charge in [-0.3, -0.25) is 14.4 Å². The maximum absolute atomic E-state index is 13.5. The van der Waals surface area contributed by atoms with Gasteiger partial charge in [-0.15, -0.1) is 0 Å². The second-order valence-corrected chi connectivity index (χ2v) is 5.90. The van der Waals surface area contributed by atoms with E-state index in [4.69, 9.17) is 16.3 Å². The number of benzene rings is 1. The van der Waals surface area contributed by atoms with E-state index in [-0.39, 0.29) is 23.2 Å². The third-order valence-electron chi connectivity index (χ3n) is 3.56. The van der Waals surface area contributed by atoms with E-state index in [0.29, 0.717) is 13.0 Å². The quantitative estimate of drug-likeness (QED) is 0.822. The monoisotopic (exact) mass is 356 g/mol. The Hall–Kier alpha value is -2.15. The summed E-state index contributed by atoms with van der Waals surface area (Å²) in [6, 6.07) is 3.73. The number of nitrogens with one attached hydrogen (secondary N) is 1. The minimum Gasteiger partial charge on any atom is -0.454 e. The fraction of sp³-hybridized carbons (Fsp3) is 0.438. The number of esters is 1. The predicted octanol–water partition coefficient (Wildman–Crippen LogP) is 2.36. The topological polar surface area (TPSA) is 75.7 Å². The SMILES string of the molecule is O=C(COC(=O)CN1CCCCCC1=O)Nc1cc(Cl)ccc1F. The third-order valence-corrected chi connectivity index (χ3v) is 3.79. The van der Waals surface area contributed by atoms with E-state index in [9.17, 15) is 18.8 Å². The average Bonchev–Trinajstić information content (AvgIpc) is 2.74. The molecule has 2 rings (SSSR count). The van der Waals surface area contributed by atoms with Gasteiger partial charge in [-0.25, -0.2) is 4.39 Å². The Balaban J connectivity index is 1.79. The van der Waals surface area contributed by atoms with Gasteiger partial charge >= 0.3 is 5.97 Å². The van der Waals surface area contributed by atoms with Gasteiger partial charge in [-0.1, -0.05) is 18.0 Å². The molecule has 0 radical (unpaired) electrons. The molecule has 2 amide bonds. The summed E-state index contributed by atoms with van der Waals surface area (Å²) < 4.78 is 18.3. The van der Waals surface area contributed by atoms with Crippen molar-refractivity contribution in [2.24, 2.45) is 0 Å². The zero-order chi connectivity index (χ0) is 17.5. The number of carbonyl (C=O) groups excluding carboxylic acids is 3. The van der Waals surface area contributed by atoms with Crippen LogP contribution in [-0.4, -0.2) is 42.4 Å². The van der Waals surface area contributed by atoms with Crippen LogP contribution in [0.1, 0.15) is 25.7 Å². The van der Waals surface area contributed by atoms with Gasteiger partial charge in [-0.05, 0) is 31.0 Å². The van der Waals surface area contributed by atoms with E-state index < -0.39 is 24.3 Å². The average molecular weight is 357 g/mol. The van der Waals surface area contributed by atoms with Gasteiger partial charge in [0.2, 0.25) is 5.91 Å². The van der Waals surface area contributed by atoms with Crippen LogP contribution in [0.4, 0.5) is 10.1 Å². The van der Waals surface area contributed by atoms with E-state index in [2.05, 4.69) is 5.32 Å². The van der Waals surface area contributed by atoms with Crippen LogP contribution in [-0.2, 0) is 19.1 Å². The predicted molar refractivity (Wildman–Crippen MR) is 86.0 cm³/mol. The zero-order valence-corrected chi connectivity index (χ0v) is 13.8. The van der Waals surface area contributed by atoms with E-state index >= 15 is 0 Å². The molecule has 1 fully saturated rings.